The number of aromatic amines is 1. The predicted molar refractivity (Wildman–Crippen MR) is 89.9 cm³/mol. The lowest BCUT2D eigenvalue weighted by Gasteiger charge is -2.07. The molecule has 1 aromatic heterocycles. The van der Waals surface area contributed by atoms with Gasteiger partial charge in [0.1, 0.15) is 0 Å². The monoisotopic (exact) mass is 309 g/mol. The molecule has 4 N–H and O–H groups in total. The van der Waals surface area contributed by atoms with Gasteiger partial charge in [0, 0.05) is 36.1 Å². The molecular weight excluding hydrogens is 286 g/mol. The van der Waals surface area contributed by atoms with Crippen molar-refractivity contribution in [1.82, 2.24) is 10.3 Å². The quantitative estimate of drug-likeness (QED) is 0.767. The average Bonchev–Trinajstić information content (AvgIpc) is 2.81. The fourth-order valence-electron chi connectivity index (χ4n) is 2.48. The van der Waals surface area contributed by atoms with Gasteiger partial charge in [0.25, 0.3) is 0 Å². The number of rotatable bonds is 6. The van der Waals surface area contributed by atoms with Gasteiger partial charge >= 0.3 is 0 Å². The van der Waals surface area contributed by atoms with Gasteiger partial charge in [-0.3, -0.25) is 4.79 Å². The first-order valence-electron chi connectivity index (χ1n) is 7.22. The van der Waals surface area contributed by atoms with Gasteiger partial charge in [-0.15, -0.1) is 12.4 Å². The lowest BCUT2D eigenvalue weighted by atomic mass is 10.1. The number of benzene rings is 1. The van der Waals surface area contributed by atoms with Gasteiger partial charge in [0.2, 0.25) is 5.91 Å². The first kappa shape index (κ1) is 17.5. The molecule has 1 heterocycles. The number of carbonyl (C=O) groups excluding carboxylic acids is 1. The number of amides is 1. The highest BCUT2D eigenvalue weighted by molar-refractivity contribution is 5.86. The second-order valence-corrected chi connectivity index (χ2v) is 5.29. The highest BCUT2D eigenvalue weighted by Crippen LogP contribution is 2.22. The molecule has 21 heavy (non-hydrogen) atoms. The summed E-state index contributed by atoms with van der Waals surface area (Å²) in [7, 11) is 0. The Bertz CT molecular complexity index is 592. The largest absolute Gasteiger partial charge is 0.361 e. The zero-order valence-electron chi connectivity index (χ0n) is 12.6. The Morgan fingerprint density at radius 3 is 2.81 bits per heavy atom. The van der Waals surface area contributed by atoms with Crippen LogP contribution in [0.2, 0.25) is 0 Å². The molecule has 4 nitrogen and oxygen atoms in total. The summed E-state index contributed by atoms with van der Waals surface area (Å²) in [4.78, 5) is 14.9. The third kappa shape index (κ3) is 4.48. The SMILES string of the molecule is CCc1cccc2c(CCNC(=O)CC(C)N)c[nH]c12.Cl. The van der Waals surface area contributed by atoms with Gasteiger partial charge in [-0.2, -0.15) is 0 Å². The molecule has 0 fully saturated rings. The van der Waals surface area contributed by atoms with Crippen LogP contribution < -0.4 is 11.1 Å². The van der Waals surface area contributed by atoms with Crippen molar-refractivity contribution >= 4 is 29.2 Å². The number of fused-ring (bicyclic) bond motifs is 1. The van der Waals surface area contributed by atoms with Crippen LogP contribution in [0.1, 0.15) is 31.4 Å². The van der Waals surface area contributed by atoms with Crippen LogP contribution in [-0.2, 0) is 17.6 Å². The van der Waals surface area contributed by atoms with Crippen LogP contribution in [0.4, 0.5) is 0 Å². The Hall–Kier alpha value is -1.52. The number of aromatic nitrogens is 1. The van der Waals surface area contributed by atoms with Crippen molar-refractivity contribution < 1.29 is 4.79 Å². The summed E-state index contributed by atoms with van der Waals surface area (Å²) in [6.45, 7) is 4.64. The lowest BCUT2D eigenvalue weighted by Crippen LogP contribution is -2.31. The number of hydrogen-bond acceptors (Lipinski definition) is 2. The van der Waals surface area contributed by atoms with E-state index < -0.39 is 0 Å². The molecule has 2 rings (SSSR count). The minimum absolute atomic E-state index is 0. The van der Waals surface area contributed by atoms with E-state index >= 15 is 0 Å². The first-order valence-corrected chi connectivity index (χ1v) is 7.22. The van der Waals surface area contributed by atoms with E-state index in [-0.39, 0.29) is 24.4 Å². The molecule has 0 bridgehead atoms. The zero-order chi connectivity index (χ0) is 14.5. The molecule has 0 aliphatic carbocycles. The minimum atomic E-state index is -0.0878. The smallest absolute Gasteiger partial charge is 0.221 e. The Morgan fingerprint density at radius 2 is 2.14 bits per heavy atom. The molecule has 0 spiro atoms. The van der Waals surface area contributed by atoms with Crippen molar-refractivity contribution in [2.45, 2.75) is 39.2 Å². The number of para-hydroxylation sites is 1. The summed E-state index contributed by atoms with van der Waals surface area (Å²) in [6, 6.07) is 6.28. The van der Waals surface area contributed by atoms with Gasteiger partial charge < -0.3 is 16.0 Å². The molecule has 116 valence electrons. The highest BCUT2D eigenvalue weighted by Gasteiger charge is 2.08. The van der Waals surface area contributed by atoms with Crippen LogP contribution in [-0.4, -0.2) is 23.5 Å². The van der Waals surface area contributed by atoms with Gasteiger partial charge in [-0.1, -0.05) is 25.1 Å². The van der Waals surface area contributed by atoms with Crippen LogP contribution in [0.15, 0.2) is 24.4 Å². The number of hydrogen-bond donors (Lipinski definition) is 3. The van der Waals surface area contributed by atoms with Crippen LogP contribution in [0.25, 0.3) is 10.9 Å². The van der Waals surface area contributed by atoms with E-state index in [1.165, 1.54) is 22.0 Å². The number of H-pyrrole nitrogens is 1. The minimum Gasteiger partial charge on any atom is -0.361 e. The summed E-state index contributed by atoms with van der Waals surface area (Å²) in [5.41, 5.74) is 9.39. The second kappa shape index (κ2) is 8.05. The van der Waals surface area contributed by atoms with Crippen molar-refractivity contribution in [2.24, 2.45) is 5.73 Å². The van der Waals surface area contributed by atoms with Crippen molar-refractivity contribution in [3.8, 4) is 0 Å². The molecule has 0 aliphatic heterocycles. The Balaban J connectivity index is 0.00000220. The summed E-state index contributed by atoms with van der Waals surface area (Å²) in [6.07, 6.45) is 4.27. The van der Waals surface area contributed by atoms with Crippen molar-refractivity contribution in [2.75, 3.05) is 6.54 Å². The molecule has 1 aromatic carbocycles. The Morgan fingerprint density at radius 1 is 1.38 bits per heavy atom. The average molecular weight is 310 g/mol. The Labute approximate surface area is 131 Å². The number of halogens is 1. The maximum Gasteiger partial charge on any atom is 0.221 e. The topological polar surface area (TPSA) is 70.9 Å². The maximum atomic E-state index is 11.5. The van der Waals surface area contributed by atoms with Crippen molar-refractivity contribution in [1.29, 1.82) is 0 Å². The summed E-state index contributed by atoms with van der Waals surface area (Å²) >= 11 is 0. The molecule has 2 aromatic rings. The number of aryl methyl sites for hydroxylation is 1. The Kier molecular flexibility index (Phi) is 6.72. The molecular formula is C16H24ClN3O. The zero-order valence-corrected chi connectivity index (χ0v) is 13.4. The summed E-state index contributed by atoms with van der Waals surface area (Å²) in [5, 5.41) is 4.17. The van der Waals surface area contributed by atoms with E-state index in [0.717, 1.165) is 12.8 Å². The van der Waals surface area contributed by atoms with Gasteiger partial charge in [-0.25, -0.2) is 0 Å². The maximum absolute atomic E-state index is 11.5. The molecule has 0 radical (unpaired) electrons. The summed E-state index contributed by atoms with van der Waals surface area (Å²) < 4.78 is 0. The van der Waals surface area contributed by atoms with E-state index in [2.05, 4.69) is 35.4 Å². The fraction of sp³-hybridized carbons (Fsp3) is 0.438. The van der Waals surface area contributed by atoms with Crippen molar-refractivity contribution in [3.05, 3.63) is 35.5 Å². The van der Waals surface area contributed by atoms with E-state index in [4.69, 9.17) is 5.73 Å². The molecule has 1 unspecified atom stereocenters. The molecule has 0 aliphatic rings. The van der Waals surface area contributed by atoms with Crippen LogP contribution >= 0.6 is 12.4 Å². The van der Waals surface area contributed by atoms with Crippen LogP contribution in [0, 0.1) is 0 Å². The molecule has 1 atom stereocenters. The standard InChI is InChI=1S/C16H23N3O.ClH/c1-3-12-5-4-6-14-13(10-19-16(12)14)7-8-18-15(20)9-11(2)17;/h4-6,10-11,19H,3,7-9,17H2,1-2H3,(H,18,20);1H. The normalized spacial score (nSPS) is 12.0. The fourth-order valence-corrected chi connectivity index (χ4v) is 2.48. The summed E-state index contributed by atoms with van der Waals surface area (Å²) in [5.74, 6) is 0.0223. The van der Waals surface area contributed by atoms with E-state index in [1.54, 1.807) is 0 Å². The highest BCUT2D eigenvalue weighted by atomic mass is 35.5. The second-order valence-electron chi connectivity index (χ2n) is 5.29. The molecule has 0 saturated carbocycles. The first-order chi connectivity index (χ1) is 9.61. The van der Waals surface area contributed by atoms with Gasteiger partial charge in [-0.05, 0) is 30.9 Å². The molecule has 0 saturated heterocycles. The molecule has 1 amide bonds. The number of carbonyl (C=O) groups is 1. The van der Waals surface area contributed by atoms with Crippen molar-refractivity contribution in [3.63, 3.8) is 0 Å². The van der Waals surface area contributed by atoms with E-state index in [9.17, 15) is 4.79 Å². The van der Waals surface area contributed by atoms with Gasteiger partial charge in [0.05, 0.1) is 0 Å². The third-order valence-electron chi connectivity index (χ3n) is 3.49. The van der Waals surface area contributed by atoms with Gasteiger partial charge in [0.15, 0.2) is 0 Å². The van der Waals surface area contributed by atoms with Crippen LogP contribution in [0.5, 0.6) is 0 Å². The van der Waals surface area contributed by atoms with E-state index in [1.807, 2.05) is 13.1 Å². The lowest BCUT2D eigenvalue weighted by molar-refractivity contribution is -0.121. The molecule has 5 heteroatoms. The van der Waals surface area contributed by atoms with E-state index in [0.29, 0.717) is 13.0 Å². The third-order valence-corrected chi connectivity index (χ3v) is 3.49. The van der Waals surface area contributed by atoms with Crippen LogP contribution in [0.3, 0.4) is 0 Å². The number of nitrogens with one attached hydrogen (secondary N) is 2. The predicted octanol–water partition coefficient (Wildman–Crippen LogP) is 2.55. The number of nitrogens with two attached hydrogens (primary N) is 1.